The molecule has 0 radical (unpaired) electrons. The van der Waals surface area contributed by atoms with Crippen LogP contribution >= 0.6 is 0 Å². The number of aliphatic hydroxyl groups excluding tert-OH is 2. The van der Waals surface area contributed by atoms with Gasteiger partial charge < -0.3 is 20.0 Å². The van der Waals surface area contributed by atoms with Gasteiger partial charge >= 0.3 is 0 Å². The van der Waals surface area contributed by atoms with E-state index in [0.29, 0.717) is 11.8 Å². The Morgan fingerprint density at radius 1 is 0.917 bits per heavy atom. The largest absolute Gasteiger partial charge is 0.393 e. The fourth-order valence-corrected chi connectivity index (χ4v) is 3.91. The van der Waals surface area contributed by atoms with E-state index in [1.54, 1.807) is 6.33 Å². The number of hydrogen-bond donors (Lipinski definition) is 2. The minimum absolute atomic E-state index is 0.275. The maximum Gasteiger partial charge on any atom is 0.134 e. The summed E-state index contributed by atoms with van der Waals surface area (Å²) in [4.78, 5) is 13.5. The van der Waals surface area contributed by atoms with Crippen molar-refractivity contribution in [2.45, 2.75) is 51.7 Å². The molecule has 1 aromatic rings. The molecule has 2 N–H and O–H groups in total. The van der Waals surface area contributed by atoms with Crippen LogP contribution in [-0.2, 0) is 0 Å². The molecule has 3 heterocycles. The maximum absolute atomic E-state index is 9.89. The minimum Gasteiger partial charge on any atom is -0.393 e. The highest BCUT2D eigenvalue weighted by Gasteiger charge is 2.27. The van der Waals surface area contributed by atoms with Crippen molar-refractivity contribution in [2.24, 2.45) is 11.8 Å². The Kier molecular flexibility index (Phi) is 5.56. The first-order valence-electron chi connectivity index (χ1n) is 9.22. The molecule has 6 heteroatoms. The number of hydrogen-bond acceptors (Lipinski definition) is 6. The summed E-state index contributed by atoms with van der Waals surface area (Å²) >= 11 is 0. The van der Waals surface area contributed by atoms with Crippen LogP contribution in [0.2, 0.25) is 0 Å². The van der Waals surface area contributed by atoms with Crippen LogP contribution in [0, 0.1) is 11.8 Å². The Hall–Kier alpha value is -1.40. The Bertz CT molecular complexity index is 494. The highest BCUT2D eigenvalue weighted by atomic mass is 16.3. The van der Waals surface area contributed by atoms with Crippen LogP contribution in [0.3, 0.4) is 0 Å². The summed E-state index contributed by atoms with van der Waals surface area (Å²) in [6.45, 7) is 7.42. The van der Waals surface area contributed by atoms with Crippen molar-refractivity contribution in [3.63, 3.8) is 0 Å². The maximum atomic E-state index is 9.89. The average molecular weight is 334 g/mol. The van der Waals surface area contributed by atoms with Crippen molar-refractivity contribution in [3.8, 4) is 0 Å². The molecule has 0 unspecified atom stereocenters. The van der Waals surface area contributed by atoms with Crippen LogP contribution < -0.4 is 9.80 Å². The molecule has 6 nitrogen and oxygen atoms in total. The van der Waals surface area contributed by atoms with Gasteiger partial charge in [0.25, 0.3) is 0 Å². The van der Waals surface area contributed by atoms with Crippen molar-refractivity contribution in [2.75, 3.05) is 36.0 Å². The van der Waals surface area contributed by atoms with Crippen LogP contribution in [-0.4, -0.2) is 58.6 Å². The molecule has 4 atom stereocenters. The van der Waals surface area contributed by atoms with Crippen molar-refractivity contribution in [1.29, 1.82) is 0 Å². The van der Waals surface area contributed by atoms with Crippen molar-refractivity contribution >= 4 is 11.6 Å². The number of nitrogens with zero attached hydrogens (tertiary/aromatic N) is 4. The van der Waals surface area contributed by atoms with Gasteiger partial charge in [-0.1, -0.05) is 0 Å². The number of aliphatic hydroxyl groups is 2. The first-order valence-corrected chi connectivity index (χ1v) is 9.22. The quantitative estimate of drug-likeness (QED) is 0.873. The zero-order valence-corrected chi connectivity index (χ0v) is 14.8. The first kappa shape index (κ1) is 17.4. The Balaban J connectivity index is 1.72. The molecule has 0 aromatic carbocycles. The molecule has 0 aliphatic carbocycles. The van der Waals surface area contributed by atoms with Crippen molar-refractivity contribution < 1.29 is 10.2 Å². The van der Waals surface area contributed by atoms with E-state index in [1.165, 1.54) is 0 Å². The van der Waals surface area contributed by atoms with Gasteiger partial charge in [0.2, 0.25) is 0 Å². The van der Waals surface area contributed by atoms with Gasteiger partial charge in [-0.05, 0) is 39.5 Å². The molecule has 2 aliphatic heterocycles. The van der Waals surface area contributed by atoms with Gasteiger partial charge in [-0.25, -0.2) is 9.97 Å². The van der Waals surface area contributed by atoms with Gasteiger partial charge in [0.15, 0.2) is 0 Å². The van der Waals surface area contributed by atoms with Crippen LogP contribution in [0.5, 0.6) is 0 Å². The van der Waals surface area contributed by atoms with Crippen molar-refractivity contribution in [3.05, 3.63) is 12.4 Å². The average Bonchev–Trinajstić information content (AvgIpc) is 2.62. The van der Waals surface area contributed by atoms with Gasteiger partial charge in [0, 0.05) is 44.1 Å². The van der Waals surface area contributed by atoms with Gasteiger partial charge in [-0.3, -0.25) is 0 Å². The molecule has 0 saturated carbocycles. The Morgan fingerprint density at radius 2 is 1.38 bits per heavy atom. The lowest BCUT2D eigenvalue weighted by Gasteiger charge is -2.37. The molecule has 0 amide bonds. The number of anilines is 2. The van der Waals surface area contributed by atoms with E-state index < -0.39 is 0 Å². The van der Waals surface area contributed by atoms with E-state index in [0.717, 1.165) is 63.5 Å². The minimum atomic E-state index is -0.275. The predicted octanol–water partition coefficient (Wildman–Crippen LogP) is 1.67. The monoisotopic (exact) mass is 334 g/mol. The first-order chi connectivity index (χ1) is 11.5. The van der Waals surface area contributed by atoms with Gasteiger partial charge in [0.1, 0.15) is 18.0 Å². The molecule has 2 saturated heterocycles. The second kappa shape index (κ2) is 7.66. The third-order valence-corrected chi connectivity index (χ3v) is 5.57. The normalized spacial score (nSPS) is 27.8. The van der Waals surface area contributed by atoms with E-state index >= 15 is 0 Å². The topological polar surface area (TPSA) is 72.7 Å². The summed E-state index contributed by atoms with van der Waals surface area (Å²) in [5, 5.41) is 19.8. The van der Waals surface area contributed by atoms with Crippen molar-refractivity contribution in [1.82, 2.24) is 9.97 Å². The predicted molar refractivity (Wildman–Crippen MR) is 95.3 cm³/mol. The molecular formula is C18H30N4O2. The molecule has 0 bridgehead atoms. The smallest absolute Gasteiger partial charge is 0.134 e. The Labute approximate surface area is 144 Å². The second-order valence-corrected chi connectivity index (χ2v) is 7.41. The number of piperidine rings is 2. The molecule has 2 aliphatic rings. The lowest BCUT2D eigenvalue weighted by molar-refractivity contribution is 0.115. The third kappa shape index (κ3) is 3.98. The Morgan fingerprint density at radius 3 is 1.79 bits per heavy atom. The van der Waals surface area contributed by atoms with Gasteiger partial charge in [-0.2, -0.15) is 0 Å². The zero-order valence-electron chi connectivity index (χ0n) is 14.8. The highest BCUT2D eigenvalue weighted by Crippen LogP contribution is 2.28. The van der Waals surface area contributed by atoms with E-state index in [2.05, 4.69) is 25.8 Å². The lowest BCUT2D eigenvalue weighted by atomic mass is 9.93. The summed E-state index contributed by atoms with van der Waals surface area (Å²) in [6, 6.07) is 2.06. The lowest BCUT2D eigenvalue weighted by Crippen LogP contribution is -2.41. The van der Waals surface area contributed by atoms with Gasteiger partial charge in [-0.15, -0.1) is 0 Å². The molecule has 134 valence electrons. The van der Waals surface area contributed by atoms with E-state index in [4.69, 9.17) is 0 Å². The summed E-state index contributed by atoms with van der Waals surface area (Å²) in [5.41, 5.74) is 0. The summed E-state index contributed by atoms with van der Waals surface area (Å²) in [5.74, 6) is 2.52. The molecule has 1 aromatic heterocycles. The fraction of sp³-hybridized carbons (Fsp3) is 0.778. The standard InChI is InChI=1S/C18H30N4O2/c1-13(23)15-5-3-7-21(10-15)17-9-18(20-12-19-17)22-8-4-6-16(11-22)14(2)24/h9,12-16,23-24H,3-8,10-11H2,1-2H3/t13-,14+,15-,16-/m1/s1. The van der Waals surface area contributed by atoms with E-state index in [-0.39, 0.29) is 12.2 Å². The third-order valence-electron chi connectivity index (χ3n) is 5.57. The molecule has 24 heavy (non-hydrogen) atoms. The summed E-state index contributed by atoms with van der Waals surface area (Å²) < 4.78 is 0. The van der Waals surface area contributed by atoms with E-state index in [9.17, 15) is 10.2 Å². The van der Waals surface area contributed by atoms with Crippen LogP contribution in [0.15, 0.2) is 12.4 Å². The van der Waals surface area contributed by atoms with Crippen LogP contribution in [0.4, 0.5) is 11.6 Å². The molecule has 0 spiro atoms. The SMILES string of the molecule is C[C@H](O)[C@@H]1CCCN(c2cc(N3CCC[C@@H]([C@@H](C)O)C3)ncn2)C1. The van der Waals surface area contributed by atoms with Gasteiger partial charge in [0.05, 0.1) is 12.2 Å². The van der Waals surface area contributed by atoms with E-state index in [1.807, 2.05) is 13.8 Å². The molecule has 3 rings (SSSR count). The molecule has 2 fully saturated rings. The number of rotatable bonds is 4. The van der Waals surface area contributed by atoms with Crippen LogP contribution in [0.1, 0.15) is 39.5 Å². The molecular weight excluding hydrogens is 304 g/mol. The fourth-order valence-electron chi connectivity index (χ4n) is 3.91. The zero-order chi connectivity index (χ0) is 17.1. The second-order valence-electron chi connectivity index (χ2n) is 7.41. The summed E-state index contributed by atoms with van der Waals surface area (Å²) in [7, 11) is 0. The van der Waals surface area contributed by atoms with Crippen LogP contribution in [0.25, 0.3) is 0 Å². The highest BCUT2D eigenvalue weighted by molar-refractivity contribution is 5.50. The summed E-state index contributed by atoms with van der Waals surface area (Å²) in [6.07, 6.45) is 5.42. The number of aromatic nitrogens is 2.